The number of nitrogens with one attached hydrogen (secondary N) is 1. The maximum Gasteiger partial charge on any atom is 0.328 e. The van der Waals surface area contributed by atoms with Crippen LogP contribution in [0, 0.1) is 0 Å². The Bertz CT molecular complexity index is 377. The molecule has 0 fully saturated rings. The van der Waals surface area contributed by atoms with E-state index in [-0.39, 0.29) is 12.0 Å². The molecule has 2 unspecified atom stereocenters. The second-order valence-corrected chi connectivity index (χ2v) is 6.24. The molecule has 0 aromatic carbocycles. The highest BCUT2D eigenvalue weighted by Gasteiger charge is 2.25. The van der Waals surface area contributed by atoms with Gasteiger partial charge in [0.05, 0.1) is 7.11 Å². The first-order chi connectivity index (χ1) is 7.99. The molecule has 1 aromatic rings. The lowest BCUT2D eigenvalue weighted by molar-refractivity contribution is -0.143. The molecule has 0 aliphatic heterocycles. The van der Waals surface area contributed by atoms with Gasteiger partial charge in [-0.25, -0.2) is 4.79 Å². The van der Waals surface area contributed by atoms with E-state index in [0.717, 1.165) is 15.8 Å². The zero-order valence-electron chi connectivity index (χ0n) is 9.92. The van der Waals surface area contributed by atoms with Crippen LogP contribution < -0.4 is 5.32 Å². The van der Waals surface area contributed by atoms with E-state index in [9.17, 15) is 4.79 Å². The minimum Gasteiger partial charge on any atom is -0.468 e. The van der Waals surface area contributed by atoms with Crippen LogP contribution in [0.3, 0.4) is 0 Å². The summed E-state index contributed by atoms with van der Waals surface area (Å²) in [5.74, 6) is -0.296. The van der Waals surface area contributed by atoms with Gasteiger partial charge >= 0.3 is 5.97 Å². The fourth-order valence-corrected chi connectivity index (χ4v) is 3.08. The maximum atomic E-state index is 11.7. The van der Waals surface area contributed by atoms with E-state index in [1.54, 1.807) is 0 Å². The van der Waals surface area contributed by atoms with Gasteiger partial charge in [-0.1, -0.05) is 18.5 Å². The first-order valence-electron chi connectivity index (χ1n) is 5.28. The van der Waals surface area contributed by atoms with E-state index in [1.807, 2.05) is 13.0 Å². The Hall–Kier alpha value is -0.100. The summed E-state index contributed by atoms with van der Waals surface area (Å²) in [7, 11) is 1.39. The van der Waals surface area contributed by atoms with Crippen LogP contribution in [0.1, 0.15) is 31.2 Å². The molecule has 3 nitrogen and oxygen atoms in total. The molecule has 6 heteroatoms. The molecular weight excluding hydrogens is 326 g/mol. The summed E-state index contributed by atoms with van der Waals surface area (Å²) in [4.78, 5) is 12.6. The van der Waals surface area contributed by atoms with Gasteiger partial charge in [0.25, 0.3) is 0 Å². The van der Waals surface area contributed by atoms with Gasteiger partial charge in [0.15, 0.2) is 0 Å². The quantitative estimate of drug-likeness (QED) is 0.829. The summed E-state index contributed by atoms with van der Waals surface area (Å²) in [5, 5.41) is 3.23. The van der Waals surface area contributed by atoms with Crippen molar-refractivity contribution in [3.63, 3.8) is 0 Å². The Morgan fingerprint density at radius 1 is 1.71 bits per heavy atom. The third-order valence-electron chi connectivity index (χ3n) is 2.45. The Balaban J connectivity index is 2.93. The van der Waals surface area contributed by atoms with Crippen molar-refractivity contribution in [1.29, 1.82) is 0 Å². The van der Waals surface area contributed by atoms with Crippen molar-refractivity contribution in [2.24, 2.45) is 0 Å². The van der Waals surface area contributed by atoms with E-state index in [2.05, 4.69) is 28.2 Å². The van der Waals surface area contributed by atoms with Gasteiger partial charge in [0.2, 0.25) is 0 Å². The van der Waals surface area contributed by atoms with Crippen LogP contribution in [0.5, 0.6) is 0 Å². The summed E-state index contributed by atoms with van der Waals surface area (Å²) in [6.07, 6.45) is 0.938. The molecule has 96 valence electrons. The van der Waals surface area contributed by atoms with Crippen molar-refractivity contribution in [2.45, 2.75) is 32.4 Å². The van der Waals surface area contributed by atoms with Crippen molar-refractivity contribution < 1.29 is 9.53 Å². The zero-order chi connectivity index (χ0) is 13.0. The van der Waals surface area contributed by atoms with Gasteiger partial charge in [0.1, 0.15) is 10.4 Å². The van der Waals surface area contributed by atoms with Crippen molar-refractivity contribution in [2.75, 3.05) is 7.11 Å². The SMILES string of the molecule is CCC(C)NC(C(=O)OC)c1cc(Br)c(Cl)s1. The fourth-order valence-electron chi connectivity index (χ4n) is 1.29. The number of hydrogen-bond donors (Lipinski definition) is 1. The number of methoxy groups -OCH3 is 1. The molecule has 0 spiro atoms. The van der Waals surface area contributed by atoms with Gasteiger partial charge in [-0.3, -0.25) is 5.32 Å². The second-order valence-electron chi connectivity index (χ2n) is 3.70. The third kappa shape index (κ3) is 3.95. The molecule has 1 N–H and O–H groups in total. The monoisotopic (exact) mass is 339 g/mol. The van der Waals surface area contributed by atoms with E-state index in [4.69, 9.17) is 16.3 Å². The average Bonchev–Trinajstić information content (AvgIpc) is 2.65. The normalized spacial score (nSPS) is 14.4. The van der Waals surface area contributed by atoms with E-state index < -0.39 is 6.04 Å². The number of thiophene rings is 1. The second kappa shape index (κ2) is 6.73. The zero-order valence-corrected chi connectivity index (χ0v) is 13.1. The maximum absolute atomic E-state index is 11.7. The fraction of sp³-hybridized carbons (Fsp3) is 0.545. The Morgan fingerprint density at radius 2 is 2.35 bits per heavy atom. The standard InChI is InChI=1S/C11H15BrClNO2S/c1-4-6(2)14-9(11(15)16-3)8-5-7(12)10(13)17-8/h5-6,9,14H,4H2,1-3H3. The number of carbonyl (C=O) groups is 1. The van der Waals surface area contributed by atoms with Crippen LogP contribution in [0.2, 0.25) is 4.34 Å². The van der Waals surface area contributed by atoms with E-state index in [0.29, 0.717) is 4.34 Å². The molecule has 0 saturated heterocycles. The van der Waals surface area contributed by atoms with Crippen LogP contribution in [0.15, 0.2) is 10.5 Å². The highest BCUT2D eigenvalue weighted by Crippen LogP contribution is 2.35. The molecule has 0 radical (unpaired) electrons. The van der Waals surface area contributed by atoms with Gasteiger partial charge in [-0.05, 0) is 35.3 Å². The van der Waals surface area contributed by atoms with Crippen molar-refractivity contribution in [3.05, 3.63) is 19.8 Å². The number of halogens is 2. The molecule has 2 atom stereocenters. The van der Waals surface area contributed by atoms with Crippen molar-refractivity contribution >= 4 is 44.8 Å². The Labute approximate surface area is 119 Å². The summed E-state index contributed by atoms with van der Waals surface area (Å²) in [6.45, 7) is 4.09. The molecule has 1 aromatic heterocycles. The first kappa shape index (κ1) is 15.0. The summed E-state index contributed by atoms with van der Waals surface area (Å²) in [6, 6.07) is 1.63. The van der Waals surface area contributed by atoms with Gasteiger partial charge in [-0.15, -0.1) is 11.3 Å². The van der Waals surface area contributed by atoms with Crippen LogP contribution in [-0.4, -0.2) is 19.1 Å². The number of hydrogen-bond acceptors (Lipinski definition) is 4. The number of esters is 1. The summed E-state index contributed by atoms with van der Waals surface area (Å²) >= 11 is 10.7. The molecule has 1 heterocycles. The summed E-state index contributed by atoms with van der Waals surface area (Å²) < 4.78 is 6.25. The number of carbonyl (C=O) groups excluding carboxylic acids is 1. The van der Waals surface area contributed by atoms with Crippen LogP contribution in [0.4, 0.5) is 0 Å². The lowest BCUT2D eigenvalue weighted by atomic mass is 10.2. The van der Waals surface area contributed by atoms with Crippen molar-refractivity contribution in [1.82, 2.24) is 5.32 Å². The molecule has 0 aliphatic rings. The van der Waals surface area contributed by atoms with Gasteiger partial charge < -0.3 is 4.74 Å². The highest BCUT2D eigenvalue weighted by atomic mass is 79.9. The van der Waals surface area contributed by atoms with Crippen molar-refractivity contribution in [3.8, 4) is 0 Å². The molecule has 1 rings (SSSR count). The molecule has 0 saturated carbocycles. The third-order valence-corrected chi connectivity index (χ3v) is 4.99. The number of rotatable bonds is 5. The Kier molecular flexibility index (Phi) is 5.92. The minimum absolute atomic E-state index is 0.235. The average molecular weight is 341 g/mol. The minimum atomic E-state index is -0.455. The first-order valence-corrected chi connectivity index (χ1v) is 7.26. The molecule has 0 bridgehead atoms. The smallest absolute Gasteiger partial charge is 0.328 e. The van der Waals surface area contributed by atoms with Crippen LogP contribution in [0.25, 0.3) is 0 Å². The topological polar surface area (TPSA) is 38.3 Å². The lowest BCUT2D eigenvalue weighted by Gasteiger charge is -2.19. The lowest BCUT2D eigenvalue weighted by Crippen LogP contribution is -2.35. The number of ether oxygens (including phenoxy) is 1. The van der Waals surface area contributed by atoms with E-state index >= 15 is 0 Å². The molecular formula is C11H15BrClNO2S. The molecule has 0 amide bonds. The van der Waals surface area contributed by atoms with Crippen LogP contribution in [-0.2, 0) is 9.53 Å². The highest BCUT2D eigenvalue weighted by molar-refractivity contribution is 9.10. The van der Waals surface area contributed by atoms with Gasteiger partial charge in [-0.2, -0.15) is 0 Å². The van der Waals surface area contributed by atoms with Gasteiger partial charge in [0, 0.05) is 15.4 Å². The molecule has 17 heavy (non-hydrogen) atoms. The molecule has 0 aliphatic carbocycles. The van der Waals surface area contributed by atoms with Crippen LogP contribution >= 0.6 is 38.9 Å². The predicted molar refractivity (Wildman–Crippen MR) is 74.7 cm³/mol. The Morgan fingerprint density at radius 3 is 2.76 bits per heavy atom. The largest absolute Gasteiger partial charge is 0.468 e. The summed E-state index contributed by atoms with van der Waals surface area (Å²) in [5.41, 5.74) is 0. The predicted octanol–water partition coefficient (Wildman–Crippen LogP) is 3.77. The van der Waals surface area contributed by atoms with E-state index in [1.165, 1.54) is 18.4 Å².